The molecular formula is C16H20ClN3O4S. The summed E-state index contributed by atoms with van der Waals surface area (Å²) in [6.45, 7) is 0.603. The molecule has 1 aromatic rings. The van der Waals surface area contributed by atoms with Crippen LogP contribution in [0.3, 0.4) is 0 Å². The van der Waals surface area contributed by atoms with E-state index in [0.717, 1.165) is 6.42 Å². The maximum absolute atomic E-state index is 12.8. The van der Waals surface area contributed by atoms with Gasteiger partial charge >= 0.3 is 5.97 Å². The molecule has 0 radical (unpaired) electrons. The number of aliphatic carboxylic acids is 1. The van der Waals surface area contributed by atoms with Crippen molar-refractivity contribution >= 4 is 27.6 Å². The standard InChI is InChI=1S/C16H20ClN3O4S/c1-19(11-16(21)22)13-3-2-7-20(8-6-13)25(23,24)14-4-5-15(17)12(9-14)10-18/h4-5,9,13H,2-3,6-8,11H2,1H3,(H,21,22). The number of nitriles is 1. The lowest BCUT2D eigenvalue weighted by Crippen LogP contribution is -2.37. The Morgan fingerprint density at radius 2 is 2.16 bits per heavy atom. The van der Waals surface area contributed by atoms with E-state index in [1.807, 2.05) is 6.07 Å². The Bertz CT molecular complexity index is 791. The van der Waals surface area contributed by atoms with E-state index in [4.69, 9.17) is 22.0 Å². The minimum atomic E-state index is -3.72. The van der Waals surface area contributed by atoms with Crippen LogP contribution in [0.25, 0.3) is 0 Å². The number of carboxylic acids is 1. The molecule has 1 aliphatic heterocycles. The minimum absolute atomic E-state index is 0.0242. The van der Waals surface area contributed by atoms with E-state index in [-0.39, 0.29) is 28.1 Å². The summed E-state index contributed by atoms with van der Waals surface area (Å²) in [4.78, 5) is 12.6. The van der Waals surface area contributed by atoms with Crippen LogP contribution in [0.2, 0.25) is 5.02 Å². The molecule has 1 heterocycles. The average molecular weight is 386 g/mol. The van der Waals surface area contributed by atoms with Crippen molar-refractivity contribution in [3.63, 3.8) is 0 Å². The lowest BCUT2D eigenvalue weighted by Gasteiger charge is -2.25. The molecule has 2 rings (SSSR count). The normalized spacial score (nSPS) is 19.4. The van der Waals surface area contributed by atoms with E-state index in [2.05, 4.69) is 0 Å². The monoisotopic (exact) mass is 385 g/mol. The van der Waals surface area contributed by atoms with Crippen molar-refractivity contribution in [2.24, 2.45) is 0 Å². The Labute approximate surface area is 152 Å². The van der Waals surface area contributed by atoms with E-state index < -0.39 is 16.0 Å². The summed E-state index contributed by atoms with van der Waals surface area (Å²) in [6.07, 6.45) is 1.94. The van der Waals surface area contributed by atoms with Gasteiger partial charge in [0.2, 0.25) is 10.0 Å². The van der Waals surface area contributed by atoms with Gasteiger partial charge in [0.1, 0.15) is 6.07 Å². The van der Waals surface area contributed by atoms with Crippen molar-refractivity contribution in [2.45, 2.75) is 30.2 Å². The fourth-order valence-corrected chi connectivity index (χ4v) is 4.66. The Balaban J connectivity index is 2.16. The third kappa shape index (κ3) is 4.70. The zero-order valence-electron chi connectivity index (χ0n) is 13.9. The Kier molecular flexibility index (Phi) is 6.41. The maximum atomic E-state index is 12.8. The molecule has 7 nitrogen and oxygen atoms in total. The van der Waals surface area contributed by atoms with Gasteiger partial charge in [-0.3, -0.25) is 9.69 Å². The number of rotatable bonds is 5. The molecule has 0 bridgehead atoms. The molecule has 9 heteroatoms. The van der Waals surface area contributed by atoms with E-state index in [1.54, 1.807) is 11.9 Å². The molecule has 0 spiro atoms. The molecule has 0 aromatic heterocycles. The smallest absolute Gasteiger partial charge is 0.317 e. The second-order valence-electron chi connectivity index (χ2n) is 6.05. The molecule has 1 fully saturated rings. The van der Waals surface area contributed by atoms with Gasteiger partial charge in [-0.15, -0.1) is 0 Å². The summed E-state index contributed by atoms with van der Waals surface area (Å²) in [5.41, 5.74) is 0.122. The SMILES string of the molecule is CN(CC(=O)O)C1CCCN(S(=O)(=O)c2ccc(Cl)c(C#N)c2)CC1. The van der Waals surface area contributed by atoms with Crippen molar-refractivity contribution < 1.29 is 18.3 Å². The second-order valence-corrected chi connectivity index (χ2v) is 8.40. The van der Waals surface area contributed by atoms with Crippen LogP contribution in [0.5, 0.6) is 0 Å². The first-order valence-corrected chi connectivity index (χ1v) is 9.69. The summed E-state index contributed by atoms with van der Waals surface area (Å²) in [5, 5.41) is 18.2. The summed E-state index contributed by atoms with van der Waals surface area (Å²) in [6, 6.07) is 6.01. The van der Waals surface area contributed by atoms with Crippen molar-refractivity contribution in [3.05, 3.63) is 28.8 Å². The van der Waals surface area contributed by atoms with Gasteiger partial charge in [-0.2, -0.15) is 9.57 Å². The van der Waals surface area contributed by atoms with Crippen LogP contribution in [0.15, 0.2) is 23.1 Å². The number of carbonyl (C=O) groups is 1. The van der Waals surface area contributed by atoms with E-state index in [0.29, 0.717) is 25.9 Å². The molecule has 1 unspecified atom stereocenters. The van der Waals surface area contributed by atoms with Crippen LogP contribution < -0.4 is 0 Å². The van der Waals surface area contributed by atoms with Crippen molar-refractivity contribution in [2.75, 3.05) is 26.7 Å². The van der Waals surface area contributed by atoms with Gasteiger partial charge < -0.3 is 5.11 Å². The summed E-state index contributed by atoms with van der Waals surface area (Å²) in [5.74, 6) is -0.901. The van der Waals surface area contributed by atoms with Crippen molar-refractivity contribution in [1.29, 1.82) is 5.26 Å². The number of benzene rings is 1. The predicted molar refractivity (Wildman–Crippen MR) is 92.8 cm³/mol. The molecule has 1 saturated heterocycles. The highest BCUT2D eigenvalue weighted by Gasteiger charge is 2.29. The zero-order chi connectivity index (χ0) is 18.6. The second kappa shape index (κ2) is 8.15. The fraction of sp³-hybridized carbons (Fsp3) is 0.500. The molecule has 1 aromatic carbocycles. The molecule has 1 aliphatic rings. The average Bonchev–Trinajstić information content (AvgIpc) is 2.81. The summed E-state index contributed by atoms with van der Waals surface area (Å²) >= 11 is 5.87. The van der Waals surface area contributed by atoms with Gasteiger partial charge in [0.05, 0.1) is 22.0 Å². The molecule has 0 amide bonds. The summed E-state index contributed by atoms with van der Waals surface area (Å²) < 4.78 is 27.1. The van der Waals surface area contributed by atoms with Crippen molar-refractivity contribution in [1.82, 2.24) is 9.21 Å². The van der Waals surface area contributed by atoms with Crippen molar-refractivity contribution in [3.8, 4) is 6.07 Å². The minimum Gasteiger partial charge on any atom is -0.480 e. The first-order valence-electron chi connectivity index (χ1n) is 7.87. The van der Waals surface area contributed by atoms with Gasteiger partial charge in [0, 0.05) is 19.1 Å². The number of hydrogen-bond acceptors (Lipinski definition) is 5. The van der Waals surface area contributed by atoms with Gasteiger partial charge in [-0.25, -0.2) is 8.42 Å². The number of sulfonamides is 1. The number of hydrogen-bond donors (Lipinski definition) is 1. The molecule has 136 valence electrons. The first kappa shape index (κ1) is 19.7. The predicted octanol–water partition coefficient (Wildman–Crippen LogP) is 1.77. The third-order valence-electron chi connectivity index (χ3n) is 4.36. The highest BCUT2D eigenvalue weighted by molar-refractivity contribution is 7.89. The molecule has 1 N–H and O–H groups in total. The first-order chi connectivity index (χ1) is 11.8. The third-order valence-corrected chi connectivity index (χ3v) is 6.58. The van der Waals surface area contributed by atoms with Crippen LogP contribution in [-0.4, -0.2) is 61.4 Å². The van der Waals surface area contributed by atoms with Gasteiger partial charge in [-0.05, 0) is 44.5 Å². The molecule has 0 aliphatic carbocycles. The number of halogens is 1. The van der Waals surface area contributed by atoms with E-state index in [9.17, 15) is 13.2 Å². The zero-order valence-corrected chi connectivity index (χ0v) is 15.4. The summed E-state index contributed by atoms with van der Waals surface area (Å²) in [7, 11) is -1.98. The lowest BCUT2D eigenvalue weighted by molar-refractivity contribution is -0.138. The molecule has 1 atom stereocenters. The maximum Gasteiger partial charge on any atom is 0.317 e. The Morgan fingerprint density at radius 3 is 2.80 bits per heavy atom. The topological polar surface area (TPSA) is 102 Å². The van der Waals surface area contributed by atoms with Gasteiger partial charge in [-0.1, -0.05) is 11.6 Å². The molecule has 25 heavy (non-hydrogen) atoms. The fourth-order valence-electron chi connectivity index (χ4n) is 2.98. The van der Waals surface area contributed by atoms with Crippen LogP contribution >= 0.6 is 11.6 Å². The van der Waals surface area contributed by atoms with Crippen LogP contribution in [0.1, 0.15) is 24.8 Å². The number of likely N-dealkylation sites (N-methyl/N-ethyl adjacent to an activating group) is 1. The largest absolute Gasteiger partial charge is 0.480 e. The van der Waals surface area contributed by atoms with Crippen LogP contribution in [-0.2, 0) is 14.8 Å². The van der Waals surface area contributed by atoms with Crippen LogP contribution in [0.4, 0.5) is 0 Å². The molecular weight excluding hydrogens is 366 g/mol. The quantitative estimate of drug-likeness (QED) is 0.828. The Morgan fingerprint density at radius 1 is 1.44 bits per heavy atom. The van der Waals surface area contributed by atoms with Crippen LogP contribution in [0, 0.1) is 11.3 Å². The molecule has 0 saturated carbocycles. The Hall–Kier alpha value is -1.66. The highest BCUT2D eigenvalue weighted by Crippen LogP contribution is 2.25. The number of carboxylic acid groups (broad SMARTS) is 1. The van der Waals surface area contributed by atoms with Gasteiger partial charge in [0.15, 0.2) is 0 Å². The lowest BCUT2D eigenvalue weighted by atomic mass is 10.1. The highest BCUT2D eigenvalue weighted by atomic mass is 35.5. The number of nitrogens with zero attached hydrogens (tertiary/aromatic N) is 3. The van der Waals surface area contributed by atoms with E-state index >= 15 is 0 Å². The van der Waals surface area contributed by atoms with Gasteiger partial charge in [0.25, 0.3) is 0 Å². The van der Waals surface area contributed by atoms with E-state index in [1.165, 1.54) is 22.5 Å².